The van der Waals surface area contributed by atoms with Crippen LogP contribution in [0.3, 0.4) is 0 Å². The summed E-state index contributed by atoms with van der Waals surface area (Å²) in [6, 6.07) is 0.196. The standard InChI is InChI=1S/C12H23N5O3/c1-4-12(7-18,8-19)17-10-14-9(13-5-2)15-11(16-10)20-6-3/h18-19H,4-8H2,1-3H3,(H2,13,14,15,16,17). The van der Waals surface area contributed by atoms with E-state index in [9.17, 15) is 10.2 Å². The van der Waals surface area contributed by atoms with Crippen molar-refractivity contribution in [3.05, 3.63) is 0 Å². The molecule has 0 saturated carbocycles. The number of nitrogens with one attached hydrogen (secondary N) is 2. The van der Waals surface area contributed by atoms with Gasteiger partial charge in [0.05, 0.1) is 25.4 Å². The van der Waals surface area contributed by atoms with Crippen LogP contribution in [0.25, 0.3) is 0 Å². The van der Waals surface area contributed by atoms with Crippen LogP contribution in [0.4, 0.5) is 11.9 Å². The molecule has 1 heterocycles. The van der Waals surface area contributed by atoms with E-state index in [4.69, 9.17) is 4.74 Å². The van der Waals surface area contributed by atoms with Crippen LogP contribution in [0.5, 0.6) is 6.01 Å². The molecule has 0 aliphatic carbocycles. The minimum absolute atomic E-state index is 0.196. The second-order valence-electron chi connectivity index (χ2n) is 4.30. The van der Waals surface area contributed by atoms with Gasteiger partial charge in [-0.25, -0.2) is 0 Å². The van der Waals surface area contributed by atoms with Crippen molar-refractivity contribution in [3.8, 4) is 6.01 Å². The molecule has 1 aromatic rings. The summed E-state index contributed by atoms with van der Waals surface area (Å²) in [6.07, 6.45) is 0.520. The van der Waals surface area contributed by atoms with Crippen molar-refractivity contribution < 1.29 is 14.9 Å². The number of aliphatic hydroxyl groups is 2. The number of hydrogen-bond donors (Lipinski definition) is 4. The van der Waals surface area contributed by atoms with E-state index in [0.717, 1.165) is 0 Å². The Bertz CT molecular complexity index is 380. The van der Waals surface area contributed by atoms with E-state index in [1.54, 1.807) is 0 Å². The highest BCUT2D eigenvalue weighted by molar-refractivity contribution is 5.38. The fourth-order valence-electron chi connectivity index (χ4n) is 1.52. The molecule has 0 aliphatic heterocycles. The second kappa shape index (κ2) is 7.81. The molecule has 0 unspecified atom stereocenters. The summed E-state index contributed by atoms with van der Waals surface area (Å²) in [4.78, 5) is 12.4. The zero-order valence-corrected chi connectivity index (χ0v) is 12.2. The van der Waals surface area contributed by atoms with Gasteiger partial charge in [-0.3, -0.25) is 0 Å². The van der Waals surface area contributed by atoms with Crippen molar-refractivity contribution in [2.75, 3.05) is 37.0 Å². The monoisotopic (exact) mass is 285 g/mol. The minimum atomic E-state index is -0.867. The highest BCUT2D eigenvalue weighted by Gasteiger charge is 2.27. The molecule has 0 aliphatic rings. The van der Waals surface area contributed by atoms with E-state index in [0.29, 0.717) is 25.5 Å². The maximum absolute atomic E-state index is 9.44. The molecule has 8 nitrogen and oxygen atoms in total. The molecule has 0 saturated heterocycles. The lowest BCUT2D eigenvalue weighted by molar-refractivity contribution is 0.132. The fourth-order valence-corrected chi connectivity index (χ4v) is 1.52. The predicted molar refractivity (Wildman–Crippen MR) is 76.0 cm³/mol. The maximum atomic E-state index is 9.44. The molecule has 1 rings (SSSR count). The molecule has 114 valence electrons. The van der Waals surface area contributed by atoms with E-state index < -0.39 is 5.54 Å². The van der Waals surface area contributed by atoms with Gasteiger partial charge in [0.25, 0.3) is 0 Å². The third kappa shape index (κ3) is 4.17. The van der Waals surface area contributed by atoms with Crippen molar-refractivity contribution >= 4 is 11.9 Å². The van der Waals surface area contributed by atoms with E-state index in [-0.39, 0.29) is 25.2 Å². The average Bonchev–Trinajstić information content (AvgIpc) is 2.45. The Labute approximate surface area is 118 Å². The average molecular weight is 285 g/mol. The van der Waals surface area contributed by atoms with Gasteiger partial charge >= 0.3 is 6.01 Å². The number of aliphatic hydroxyl groups excluding tert-OH is 2. The summed E-state index contributed by atoms with van der Waals surface area (Å²) in [5, 5.41) is 24.8. The number of anilines is 2. The molecule has 0 fully saturated rings. The van der Waals surface area contributed by atoms with Gasteiger partial charge in [-0.1, -0.05) is 6.92 Å². The van der Waals surface area contributed by atoms with Crippen molar-refractivity contribution in [1.29, 1.82) is 0 Å². The van der Waals surface area contributed by atoms with Crippen LogP contribution in [0, 0.1) is 0 Å². The Hall–Kier alpha value is -1.67. The SMILES string of the molecule is CCNc1nc(NC(CC)(CO)CO)nc(OCC)n1. The number of aromatic nitrogens is 3. The molecule has 0 aromatic carbocycles. The highest BCUT2D eigenvalue weighted by Crippen LogP contribution is 2.18. The molecule has 8 heteroatoms. The molecule has 0 bridgehead atoms. The van der Waals surface area contributed by atoms with Crippen LogP contribution < -0.4 is 15.4 Å². The molecule has 4 N–H and O–H groups in total. The molecular weight excluding hydrogens is 262 g/mol. The molecule has 0 radical (unpaired) electrons. The van der Waals surface area contributed by atoms with Gasteiger partial charge in [-0.2, -0.15) is 15.0 Å². The zero-order chi connectivity index (χ0) is 15.0. The quantitative estimate of drug-likeness (QED) is 0.510. The maximum Gasteiger partial charge on any atom is 0.323 e. The summed E-state index contributed by atoms with van der Waals surface area (Å²) in [5.41, 5.74) is -0.867. The van der Waals surface area contributed by atoms with Crippen molar-refractivity contribution in [2.24, 2.45) is 0 Å². The Morgan fingerprint density at radius 1 is 1.05 bits per heavy atom. The van der Waals surface area contributed by atoms with Crippen molar-refractivity contribution in [1.82, 2.24) is 15.0 Å². The third-order valence-electron chi connectivity index (χ3n) is 2.88. The first-order valence-corrected chi connectivity index (χ1v) is 6.75. The van der Waals surface area contributed by atoms with Gasteiger partial charge < -0.3 is 25.6 Å². The van der Waals surface area contributed by atoms with Crippen LogP contribution in [0.15, 0.2) is 0 Å². The normalized spacial score (nSPS) is 11.2. The third-order valence-corrected chi connectivity index (χ3v) is 2.88. The topological polar surface area (TPSA) is 112 Å². The molecule has 0 spiro atoms. The lowest BCUT2D eigenvalue weighted by atomic mass is 9.99. The van der Waals surface area contributed by atoms with E-state index in [2.05, 4.69) is 25.6 Å². The molecule has 1 aromatic heterocycles. The summed E-state index contributed by atoms with van der Waals surface area (Å²) >= 11 is 0. The van der Waals surface area contributed by atoms with Crippen LogP contribution in [-0.4, -0.2) is 57.1 Å². The first kappa shape index (κ1) is 16.4. The Balaban J connectivity index is 3.02. The van der Waals surface area contributed by atoms with Crippen LogP contribution in [0.1, 0.15) is 27.2 Å². The van der Waals surface area contributed by atoms with Crippen LogP contribution in [0.2, 0.25) is 0 Å². The molecule has 20 heavy (non-hydrogen) atoms. The van der Waals surface area contributed by atoms with Crippen LogP contribution in [-0.2, 0) is 0 Å². The van der Waals surface area contributed by atoms with Gasteiger partial charge in [-0.05, 0) is 20.3 Å². The Kier molecular flexibility index (Phi) is 6.40. The largest absolute Gasteiger partial charge is 0.464 e. The summed E-state index contributed by atoms with van der Waals surface area (Å²) in [6.45, 7) is 6.26. The van der Waals surface area contributed by atoms with E-state index >= 15 is 0 Å². The minimum Gasteiger partial charge on any atom is -0.464 e. The first-order valence-electron chi connectivity index (χ1n) is 6.75. The lowest BCUT2D eigenvalue weighted by Crippen LogP contribution is -2.45. The predicted octanol–water partition coefficient (Wildman–Crippen LogP) is 0.247. The summed E-state index contributed by atoms with van der Waals surface area (Å²) < 4.78 is 5.28. The summed E-state index contributed by atoms with van der Waals surface area (Å²) in [5.74, 6) is 0.638. The molecular formula is C12H23N5O3. The highest BCUT2D eigenvalue weighted by atomic mass is 16.5. The Morgan fingerprint density at radius 3 is 2.20 bits per heavy atom. The smallest absolute Gasteiger partial charge is 0.323 e. The lowest BCUT2D eigenvalue weighted by Gasteiger charge is -2.29. The van der Waals surface area contributed by atoms with Gasteiger partial charge in [-0.15, -0.1) is 0 Å². The van der Waals surface area contributed by atoms with Gasteiger partial charge in [0.15, 0.2) is 0 Å². The van der Waals surface area contributed by atoms with Gasteiger partial charge in [0, 0.05) is 6.54 Å². The second-order valence-corrected chi connectivity index (χ2v) is 4.30. The molecule has 0 atom stereocenters. The zero-order valence-electron chi connectivity index (χ0n) is 12.2. The van der Waals surface area contributed by atoms with Gasteiger partial charge in [0.1, 0.15) is 0 Å². The van der Waals surface area contributed by atoms with Crippen LogP contribution >= 0.6 is 0 Å². The van der Waals surface area contributed by atoms with E-state index in [1.165, 1.54) is 0 Å². The number of hydrogen-bond acceptors (Lipinski definition) is 8. The van der Waals surface area contributed by atoms with Gasteiger partial charge in [0.2, 0.25) is 11.9 Å². The van der Waals surface area contributed by atoms with Crippen molar-refractivity contribution in [2.45, 2.75) is 32.7 Å². The first-order chi connectivity index (χ1) is 9.62. The summed E-state index contributed by atoms with van der Waals surface area (Å²) in [7, 11) is 0. The van der Waals surface area contributed by atoms with Crippen molar-refractivity contribution in [3.63, 3.8) is 0 Å². The Morgan fingerprint density at radius 2 is 1.70 bits per heavy atom. The number of ether oxygens (including phenoxy) is 1. The fraction of sp³-hybridized carbons (Fsp3) is 0.750. The number of nitrogens with zero attached hydrogens (tertiary/aromatic N) is 3. The molecule has 0 amide bonds. The number of rotatable bonds is 9. The van der Waals surface area contributed by atoms with E-state index in [1.807, 2.05) is 20.8 Å².